The van der Waals surface area contributed by atoms with E-state index in [0.29, 0.717) is 17.1 Å². The first-order valence-corrected chi connectivity index (χ1v) is 6.30. The fourth-order valence-corrected chi connectivity index (χ4v) is 1.88. The Morgan fingerprint density at radius 3 is 2.79 bits per heavy atom. The van der Waals surface area contributed by atoms with Crippen molar-refractivity contribution in [1.82, 2.24) is 4.98 Å². The van der Waals surface area contributed by atoms with Gasteiger partial charge in [-0.2, -0.15) is 0 Å². The summed E-state index contributed by atoms with van der Waals surface area (Å²) in [6.07, 6.45) is 3.20. The molecule has 2 N–H and O–H groups in total. The lowest BCUT2D eigenvalue weighted by Gasteiger charge is -2.10. The summed E-state index contributed by atoms with van der Waals surface area (Å²) in [6.45, 7) is 0. The van der Waals surface area contributed by atoms with E-state index in [1.807, 2.05) is 12.1 Å². The smallest absolute Gasteiger partial charge is 0.323 e. The highest BCUT2D eigenvalue weighted by molar-refractivity contribution is 9.10. The molecule has 0 saturated heterocycles. The Morgan fingerprint density at radius 2 is 2.05 bits per heavy atom. The first kappa shape index (κ1) is 13.4. The number of methoxy groups -OCH3 is 1. The first-order valence-electron chi connectivity index (χ1n) is 5.50. The topological polar surface area (TPSA) is 63.2 Å². The van der Waals surface area contributed by atoms with Crippen LogP contribution in [0.4, 0.5) is 16.2 Å². The molecular formula is C13H12BrN3O2. The average molecular weight is 322 g/mol. The molecule has 1 heterocycles. The van der Waals surface area contributed by atoms with E-state index in [-0.39, 0.29) is 6.03 Å². The van der Waals surface area contributed by atoms with Gasteiger partial charge in [0.05, 0.1) is 24.7 Å². The van der Waals surface area contributed by atoms with Gasteiger partial charge in [0, 0.05) is 10.7 Å². The number of hydrogen-bond acceptors (Lipinski definition) is 3. The summed E-state index contributed by atoms with van der Waals surface area (Å²) in [5, 5.41) is 5.40. The van der Waals surface area contributed by atoms with Crippen molar-refractivity contribution in [3.8, 4) is 5.75 Å². The van der Waals surface area contributed by atoms with Crippen LogP contribution < -0.4 is 15.4 Å². The van der Waals surface area contributed by atoms with E-state index < -0.39 is 0 Å². The number of carbonyl (C=O) groups is 1. The van der Waals surface area contributed by atoms with Crippen LogP contribution in [0.5, 0.6) is 5.75 Å². The molecule has 0 atom stereocenters. The van der Waals surface area contributed by atoms with Crippen LogP contribution in [-0.4, -0.2) is 18.1 Å². The Morgan fingerprint density at radius 1 is 1.26 bits per heavy atom. The van der Waals surface area contributed by atoms with Gasteiger partial charge in [-0.05, 0) is 34.1 Å². The molecule has 0 aliphatic heterocycles. The van der Waals surface area contributed by atoms with E-state index in [0.717, 1.165) is 4.47 Å². The zero-order valence-electron chi connectivity index (χ0n) is 10.2. The van der Waals surface area contributed by atoms with Gasteiger partial charge in [-0.3, -0.25) is 4.98 Å². The molecule has 2 rings (SSSR count). The van der Waals surface area contributed by atoms with Crippen LogP contribution >= 0.6 is 15.9 Å². The first-order chi connectivity index (χ1) is 9.19. The van der Waals surface area contributed by atoms with Gasteiger partial charge < -0.3 is 15.4 Å². The molecule has 0 radical (unpaired) electrons. The zero-order chi connectivity index (χ0) is 13.7. The molecule has 1 aromatic carbocycles. The third-order valence-corrected chi connectivity index (χ3v) is 2.75. The molecule has 2 aromatic rings. The number of ether oxygens (including phenoxy) is 1. The lowest BCUT2D eigenvalue weighted by Crippen LogP contribution is -2.19. The summed E-state index contributed by atoms with van der Waals surface area (Å²) < 4.78 is 5.95. The van der Waals surface area contributed by atoms with E-state index in [4.69, 9.17) is 4.74 Å². The highest BCUT2D eigenvalue weighted by atomic mass is 79.9. The number of urea groups is 1. The maximum Gasteiger partial charge on any atom is 0.323 e. The van der Waals surface area contributed by atoms with Gasteiger partial charge in [-0.1, -0.05) is 12.1 Å². The molecule has 2 amide bonds. The molecule has 98 valence electrons. The number of amides is 2. The monoisotopic (exact) mass is 321 g/mol. The lowest BCUT2D eigenvalue weighted by atomic mass is 10.3. The van der Waals surface area contributed by atoms with E-state index in [1.165, 1.54) is 0 Å². The summed E-state index contributed by atoms with van der Waals surface area (Å²) in [5.74, 6) is 0.602. The summed E-state index contributed by atoms with van der Waals surface area (Å²) in [6, 6.07) is 8.59. The molecule has 0 aliphatic rings. The molecule has 1 aromatic heterocycles. The van der Waals surface area contributed by atoms with Crippen molar-refractivity contribution in [3.05, 3.63) is 47.2 Å². The minimum absolute atomic E-state index is 0.357. The largest absolute Gasteiger partial charge is 0.495 e. The van der Waals surface area contributed by atoms with E-state index in [1.54, 1.807) is 37.7 Å². The van der Waals surface area contributed by atoms with E-state index in [2.05, 4.69) is 31.5 Å². The van der Waals surface area contributed by atoms with E-state index >= 15 is 0 Å². The number of carbonyl (C=O) groups excluding carboxylic acids is 1. The van der Waals surface area contributed by atoms with Crippen LogP contribution in [0.3, 0.4) is 0 Å². The molecule has 0 fully saturated rings. The molecule has 5 nitrogen and oxygen atoms in total. The SMILES string of the molecule is COc1ccccc1NC(=O)Nc1cncc(Br)c1. The molecular weight excluding hydrogens is 310 g/mol. The Labute approximate surface area is 119 Å². The van der Waals surface area contributed by atoms with Gasteiger partial charge >= 0.3 is 6.03 Å². The number of para-hydroxylation sites is 2. The highest BCUT2D eigenvalue weighted by Gasteiger charge is 2.07. The number of anilines is 2. The number of rotatable bonds is 3. The molecule has 6 heteroatoms. The van der Waals surface area contributed by atoms with Crippen molar-refractivity contribution < 1.29 is 9.53 Å². The quantitative estimate of drug-likeness (QED) is 0.909. The molecule has 0 bridgehead atoms. The Hall–Kier alpha value is -2.08. The van der Waals surface area contributed by atoms with Crippen LogP contribution in [0.1, 0.15) is 0 Å². The standard InChI is InChI=1S/C13H12BrN3O2/c1-19-12-5-3-2-4-11(12)17-13(18)16-10-6-9(14)7-15-8-10/h2-8H,1H3,(H2,16,17,18). The second-order valence-corrected chi connectivity index (χ2v) is 4.59. The van der Waals surface area contributed by atoms with Crippen molar-refractivity contribution in [3.63, 3.8) is 0 Å². The second-order valence-electron chi connectivity index (χ2n) is 3.67. The van der Waals surface area contributed by atoms with Crippen LogP contribution in [0.15, 0.2) is 47.2 Å². The van der Waals surface area contributed by atoms with Gasteiger partial charge in [0.15, 0.2) is 0 Å². The maximum absolute atomic E-state index is 11.8. The molecule has 0 saturated carbocycles. The number of halogens is 1. The van der Waals surface area contributed by atoms with Crippen molar-refractivity contribution >= 4 is 33.3 Å². The van der Waals surface area contributed by atoms with Crippen LogP contribution in [0.25, 0.3) is 0 Å². The zero-order valence-corrected chi connectivity index (χ0v) is 11.8. The fraction of sp³-hybridized carbons (Fsp3) is 0.0769. The maximum atomic E-state index is 11.8. The minimum atomic E-state index is -0.357. The highest BCUT2D eigenvalue weighted by Crippen LogP contribution is 2.23. The Bertz CT molecular complexity index is 590. The molecule has 19 heavy (non-hydrogen) atoms. The normalized spacial score (nSPS) is 9.79. The van der Waals surface area contributed by atoms with E-state index in [9.17, 15) is 4.79 Å². The Kier molecular flexibility index (Phi) is 4.35. The summed E-state index contributed by atoms with van der Waals surface area (Å²) >= 11 is 3.29. The second kappa shape index (κ2) is 6.19. The number of nitrogens with one attached hydrogen (secondary N) is 2. The number of nitrogens with zero attached hydrogens (tertiary/aromatic N) is 1. The van der Waals surface area contributed by atoms with Crippen molar-refractivity contribution in [2.45, 2.75) is 0 Å². The lowest BCUT2D eigenvalue weighted by molar-refractivity contribution is 0.262. The predicted octanol–water partition coefficient (Wildman–Crippen LogP) is 3.50. The fourth-order valence-electron chi connectivity index (χ4n) is 1.51. The third-order valence-electron chi connectivity index (χ3n) is 2.32. The predicted molar refractivity (Wildman–Crippen MR) is 77.6 cm³/mol. The molecule has 0 spiro atoms. The van der Waals surface area contributed by atoms with Crippen molar-refractivity contribution in [2.24, 2.45) is 0 Å². The summed E-state index contributed by atoms with van der Waals surface area (Å²) in [4.78, 5) is 15.8. The third kappa shape index (κ3) is 3.69. The van der Waals surface area contributed by atoms with Crippen LogP contribution in [-0.2, 0) is 0 Å². The minimum Gasteiger partial charge on any atom is -0.495 e. The van der Waals surface area contributed by atoms with Gasteiger partial charge in [0.1, 0.15) is 5.75 Å². The van der Waals surface area contributed by atoms with Crippen LogP contribution in [0, 0.1) is 0 Å². The van der Waals surface area contributed by atoms with Gasteiger partial charge in [-0.15, -0.1) is 0 Å². The van der Waals surface area contributed by atoms with Gasteiger partial charge in [0.2, 0.25) is 0 Å². The summed E-state index contributed by atoms with van der Waals surface area (Å²) in [7, 11) is 1.55. The molecule has 0 unspecified atom stereocenters. The number of hydrogen-bond donors (Lipinski definition) is 2. The van der Waals surface area contributed by atoms with Gasteiger partial charge in [-0.25, -0.2) is 4.79 Å². The van der Waals surface area contributed by atoms with Crippen molar-refractivity contribution in [1.29, 1.82) is 0 Å². The number of aromatic nitrogens is 1. The average Bonchev–Trinajstić information content (AvgIpc) is 2.39. The van der Waals surface area contributed by atoms with Gasteiger partial charge in [0.25, 0.3) is 0 Å². The Balaban J connectivity index is 2.05. The number of pyridine rings is 1. The summed E-state index contributed by atoms with van der Waals surface area (Å²) in [5.41, 5.74) is 1.20. The number of benzene rings is 1. The van der Waals surface area contributed by atoms with Crippen molar-refractivity contribution in [2.75, 3.05) is 17.7 Å². The van der Waals surface area contributed by atoms with Crippen LogP contribution in [0.2, 0.25) is 0 Å². The molecule has 0 aliphatic carbocycles.